The van der Waals surface area contributed by atoms with E-state index in [0.717, 1.165) is 11.3 Å². The van der Waals surface area contributed by atoms with Gasteiger partial charge in [0.25, 0.3) is 0 Å². The molecule has 5 heteroatoms. The smallest absolute Gasteiger partial charge is 0.315 e. The molecule has 0 spiro atoms. The van der Waals surface area contributed by atoms with Crippen molar-refractivity contribution in [3.63, 3.8) is 0 Å². The van der Waals surface area contributed by atoms with Gasteiger partial charge in [0.15, 0.2) is 0 Å². The van der Waals surface area contributed by atoms with Crippen LogP contribution in [0.2, 0.25) is 0 Å². The Kier molecular flexibility index (Phi) is 5.00. The number of carbonyl (C=O) groups excluding carboxylic acids is 1. The Bertz CT molecular complexity index is 593. The minimum atomic E-state index is -0.773. The van der Waals surface area contributed by atoms with E-state index >= 15 is 0 Å². The largest absolute Gasteiger partial charge is 0.466 e. The number of rotatable bonds is 5. The van der Waals surface area contributed by atoms with Crippen LogP contribution in [-0.2, 0) is 6.54 Å². The Balaban J connectivity index is 1.77. The summed E-state index contributed by atoms with van der Waals surface area (Å²) in [4.78, 5) is 11.7. The molecule has 0 aliphatic heterocycles. The number of nitrogens with one attached hydrogen (secondary N) is 2. The molecule has 0 aliphatic rings. The first-order valence-corrected chi connectivity index (χ1v) is 6.87. The molecule has 1 aromatic carbocycles. The lowest BCUT2D eigenvalue weighted by Crippen LogP contribution is -2.37. The van der Waals surface area contributed by atoms with Gasteiger partial charge in [-0.2, -0.15) is 0 Å². The molecule has 0 aliphatic carbocycles. The van der Waals surface area contributed by atoms with Crippen LogP contribution in [0.1, 0.15) is 28.8 Å². The summed E-state index contributed by atoms with van der Waals surface area (Å²) in [6.07, 6.45) is -0.773. The quantitative estimate of drug-likeness (QED) is 0.791. The molecule has 1 aromatic heterocycles. The molecule has 1 unspecified atom stereocenters. The van der Waals surface area contributed by atoms with Crippen molar-refractivity contribution in [3.05, 3.63) is 59.0 Å². The van der Waals surface area contributed by atoms with Crippen molar-refractivity contribution in [1.82, 2.24) is 10.6 Å². The van der Waals surface area contributed by atoms with Gasteiger partial charge in [0.05, 0.1) is 6.10 Å². The third-order valence-corrected chi connectivity index (χ3v) is 3.19. The maximum atomic E-state index is 11.7. The van der Waals surface area contributed by atoms with Gasteiger partial charge in [-0.15, -0.1) is 0 Å². The van der Waals surface area contributed by atoms with Crippen LogP contribution >= 0.6 is 0 Å². The fourth-order valence-electron chi connectivity index (χ4n) is 2.12. The van der Waals surface area contributed by atoms with Gasteiger partial charge in [-0.25, -0.2) is 4.79 Å². The van der Waals surface area contributed by atoms with Gasteiger partial charge in [-0.3, -0.25) is 0 Å². The predicted molar refractivity (Wildman–Crippen MR) is 79.8 cm³/mol. The van der Waals surface area contributed by atoms with E-state index in [1.165, 1.54) is 0 Å². The lowest BCUT2D eigenvalue weighted by atomic mass is 10.1. The van der Waals surface area contributed by atoms with Crippen LogP contribution in [0.5, 0.6) is 0 Å². The zero-order valence-corrected chi connectivity index (χ0v) is 12.2. The van der Waals surface area contributed by atoms with Crippen LogP contribution in [0.15, 0.2) is 40.8 Å². The average Bonchev–Trinajstić information content (AvgIpc) is 2.82. The van der Waals surface area contributed by atoms with Crippen LogP contribution in [0.4, 0.5) is 4.79 Å². The zero-order valence-electron chi connectivity index (χ0n) is 12.2. The van der Waals surface area contributed by atoms with Crippen LogP contribution in [0, 0.1) is 13.8 Å². The Hall–Kier alpha value is -2.27. The monoisotopic (exact) mass is 288 g/mol. The van der Waals surface area contributed by atoms with E-state index in [-0.39, 0.29) is 12.6 Å². The van der Waals surface area contributed by atoms with E-state index < -0.39 is 6.10 Å². The molecule has 0 saturated heterocycles. The number of benzene rings is 1. The summed E-state index contributed by atoms with van der Waals surface area (Å²) in [5.74, 6) is 1.42. The van der Waals surface area contributed by atoms with Gasteiger partial charge in [-0.1, -0.05) is 30.3 Å². The number of urea groups is 1. The normalized spacial score (nSPS) is 12.0. The zero-order chi connectivity index (χ0) is 15.2. The van der Waals surface area contributed by atoms with Crippen LogP contribution in [0.3, 0.4) is 0 Å². The van der Waals surface area contributed by atoms with E-state index in [9.17, 15) is 9.90 Å². The van der Waals surface area contributed by atoms with E-state index in [1.807, 2.05) is 37.3 Å². The molecular weight excluding hydrogens is 268 g/mol. The fraction of sp³-hybridized carbons (Fsp3) is 0.312. The molecule has 0 fully saturated rings. The molecule has 2 rings (SSSR count). The second kappa shape index (κ2) is 6.95. The predicted octanol–water partition coefficient (Wildman–Crippen LogP) is 2.43. The number of hydrogen-bond donors (Lipinski definition) is 3. The first-order valence-electron chi connectivity index (χ1n) is 6.87. The number of furan rings is 1. The second-order valence-electron chi connectivity index (χ2n) is 4.93. The molecule has 21 heavy (non-hydrogen) atoms. The van der Waals surface area contributed by atoms with E-state index in [1.54, 1.807) is 13.0 Å². The van der Waals surface area contributed by atoms with Crippen LogP contribution in [0.25, 0.3) is 0 Å². The standard InChI is InChI=1S/C16H20N2O3/c1-11-8-14(12(2)21-11)15(19)10-18-16(20)17-9-13-6-4-3-5-7-13/h3-8,15,19H,9-10H2,1-2H3,(H2,17,18,20). The lowest BCUT2D eigenvalue weighted by molar-refractivity contribution is 0.171. The molecule has 0 saturated carbocycles. The van der Waals surface area contributed by atoms with Crippen molar-refractivity contribution in [1.29, 1.82) is 0 Å². The SMILES string of the molecule is Cc1cc(C(O)CNC(=O)NCc2ccccc2)c(C)o1. The maximum Gasteiger partial charge on any atom is 0.315 e. The summed E-state index contributed by atoms with van der Waals surface area (Å²) in [5.41, 5.74) is 1.73. The van der Waals surface area contributed by atoms with Gasteiger partial charge in [0.1, 0.15) is 11.5 Å². The van der Waals surface area contributed by atoms with E-state index in [0.29, 0.717) is 17.9 Å². The van der Waals surface area contributed by atoms with E-state index in [4.69, 9.17) is 4.42 Å². The summed E-state index contributed by atoms with van der Waals surface area (Å²) < 4.78 is 5.36. The summed E-state index contributed by atoms with van der Waals surface area (Å²) in [6, 6.07) is 11.1. The molecule has 0 radical (unpaired) electrons. The molecule has 2 amide bonds. The molecule has 2 aromatic rings. The summed E-state index contributed by atoms with van der Waals surface area (Å²) in [5, 5.41) is 15.4. The van der Waals surface area contributed by atoms with Gasteiger partial charge in [-0.05, 0) is 25.5 Å². The first-order chi connectivity index (χ1) is 10.1. The number of aliphatic hydroxyl groups is 1. The number of aliphatic hydroxyl groups excluding tert-OH is 1. The molecule has 1 heterocycles. The molecule has 3 N–H and O–H groups in total. The van der Waals surface area contributed by atoms with Crippen molar-refractivity contribution in [2.24, 2.45) is 0 Å². The van der Waals surface area contributed by atoms with Crippen molar-refractivity contribution in [3.8, 4) is 0 Å². The molecule has 112 valence electrons. The highest BCUT2D eigenvalue weighted by atomic mass is 16.3. The first kappa shape index (κ1) is 15.1. The topological polar surface area (TPSA) is 74.5 Å². The Morgan fingerprint density at radius 3 is 2.57 bits per heavy atom. The van der Waals surface area contributed by atoms with E-state index in [2.05, 4.69) is 10.6 Å². The minimum Gasteiger partial charge on any atom is -0.466 e. The lowest BCUT2D eigenvalue weighted by Gasteiger charge is -2.12. The second-order valence-corrected chi connectivity index (χ2v) is 4.93. The van der Waals surface area contributed by atoms with Crippen LogP contribution < -0.4 is 10.6 Å². The average molecular weight is 288 g/mol. The number of aryl methyl sites for hydroxylation is 2. The van der Waals surface area contributed by atoms with Gasteiger partial charge in [0.2, 0.25) is 0 Å². The van der Waals surface area contributed by atoms with Crippen molar-refractivity contribution < 1.29 is 14.3 Å². The van der Waals surface area contributed by atoms with Crippen molar-refractivity contribution >= 4 is 6.03 Å². The van der Waals surface area contributed by atoms with Gasteiger partial charge >= 0.3 is 6.03 Å². The Morgan fingerprint density at radius 2 is 1.95 bits per heavy atom. The van der Waals surface area contributed by atoms with Crippen molar-refractivity contribution in [2.45, 2.75) is 26.5 Å². The number of hydrogen-bond acceptors (Lipinski definition) is 3. The Labute approximate surface area is 124 Å². The fourth-order valence-corrected chi connectivity index (χ4v) is 2.12. The molecule has 5 nitrogen and oxygen atoms in total. The Morgan fingerprint density at radius 1 is 1.24 bits per heavy atom. The third kappa shape index (κ3) is 4.36. The van der Waals surface area contributed by atoms with Gasteiger partial charge in [0, 0.05) is 18.7 Å². The number of amides is 2. The summed E-state index contributed by atoms with van der Waals surface area (Å²) in [7, 11) is 0. The maximum absolute atomic E-state index is 11.7. The summed E-state index contributed by atoms with van der Waals surface area (Å²) in [6.45, 7) is 4.21. The summed E-state index contributed by atoms with van der Waals surface area (Å²) >= 11 is 0. The van der Waals surface area contributed by atoms with Crippen molar-refractivity contribution in [2.75, 3.05) is 6.54 Å². The number of carbonyl (C=O) groups is 1. The molecular formula is C16H20N2O3. The highest BCUT2D eigenvalue weighted by Gasteiger charge is 2.15. The highest BCUT2D eigenvalue weighted by molar-refractivity contribution is 5.73. The van der Waals surface area contributed by atoms with Gasteiger partial charge < -0.3 is 20.2 Å². The highest BCUT2D eigenvalue weighted by Crippen LogP contribution is 2.20. The minimum absolute atomic E-state index is 0.139. The van der Waals surface area contributed by atoms with Crippen LogP contribution in [-0.4, -0.2) is 17.7 Å². The molecule has 0 bridgehead atoms. The molecule has 1 atom stereocenters. The third-order valence-electron chi connectivity index (χ3n) is 3.19.